The number of nitrogens with zero attached hydrogens (tertiary/aromatic N) is 1. The fourth-order valence-corrected chi connectivity index (χ4v) is 7.22. The zero-order chi connectivity index (χ0) is 37.6. The Morgan fingerprint density at radius 2 is 1.38 bits per heavy atom. The topological polar surface area (TPSA) is 368 Å². The number of nitro benzene ring substituents is 1. The molecule has 22 heteroatoms. The number of nitro groups is 1. The lowest BCUT2D eigenvalue weighted by Crippen LogP contribution is -2.69. The number of nitrogens with two attached hydrogens (primary N) is 5. The van der Waals surface area contributed by atoms with Crippen LogP contribution in [0.2, 0.25) is 0 Å². The third-order valence-electron chi connectivity index (χ3n) is 10.2. The highest BCUT2D eigenvalue weighted by atomic mass is 16.8. The minimum absolute atomic E-state index is 0.0541. The quantitative estimate of drug-likeness (QED) is 0.0783. The molecule has 1 aliphatic carbocycles. The summed E-state index contributed by atoms with van der Waals surface area (Å²) in [5, 5.41) is 75.9. The number of aliphatic hydroxyl groups is 6. The van der Waals surface area contributed by atoms with Gasteiger partial charge in [0.1, 0.15) is 67.1 Å². The largest absolute Gasteiger partial charge is 0.394 e. The van der Waals surface area contributed by atoms with Gasteiger partial charge in [0.15, 0.2) is 25.2 Å². The third-order valence-corrected chi connectivity index (χ3v) is 10.2. The third kappa shape index (κ3) is 7.57. The van der Waals surface area contributed by atoms with Crippen LogP contribution in [0.25, 0.3) is 0 Å². The molecule has 20 atom stereocenters. The van der Waals surface area contributed by atoms with Gasteiger partial charge in [0.05, 0.1) is 41.9 Å². The van der Waals surface area contributed by atoms with Crippen LogP contribution in [0.5, 0.6) is 0 Å². The average Bonchev–Trinajstić information content (AvgIpc) is 3.43. The lowest BCUT2D eigenvalue weighted by molar-refractivity contribution is -0.390. The van der Waals surface area contributed by atoms with Gasteiger partial charge in [-0.1, -0.05) is 12.1 Å². The summed E-state index contributed by atoms with van der Waals surface area (Å²) < 4.78 is 47.1. The number of aliphatic hydroxyl groups excluding tert-OH is 6. The maximum atomic E-state index is 11.6. The highest BCUT2D eigenvalue weighted by Gasteiger charge is 2.55. The van der Waals surface area contributed by atoms with E-state index in [1.807, 2.05) is 0 Å². The zero-order valence-electron chi connectivity index (χ0n) is 27.8. The Morgan fingerprint density at radius 1 is 0.750 bits per heavy atom. The van der Waals surface area contributed by atoms with Crippen LogP contribution in [0.4, 0.5) is 5.69 Å². The van der Waals surface area contributed by atoms with Crippen LogP contribution in [-0.4, -0.2) is 172 Å². The van der Waals surface area contributed by atoms with E-state index in [2.05, 4.69) is 0 Å². The van der Waals surface area contributed by atoms with E-state index in [1.54, 1.807) is 6.07 Å². The summed E-state index contributed by atoms with van der Waals surface area (Å²) in [6, 6.07) is 1.51. The van der Waals surface area contributed by atoms with Crippen LogP contribution in [0.15, 0.2) is 24.3 Å². The normalized spacial score (nSPS) is 48.3. The van der Waals surface area contributed by atoms with Crippen molar-refractivity contribution in [2.45, 2.75) is 129 Å². The summed E-state index contributed by atoms with van der Waals surface area (Å²) in [7, 11) is 0. The van der Waals surface area contributed by atoms with Crippen molar-refractivity contribution in [3.63, 3.8) is 0 Å². The van der Waals surface area contributed by atoms with Crippen molar-refractivity contribution in [1.82, 2.24) is 0 Å². The van der Waals surface area contributed by atoms with E-state index < -0.39 is 134 Å². The predicted octanol–water partition coefficient (Wildman–Crippen LogP) is -6.19. The molecule has 22 nitrogen and oxygen atoms in total. The summed E-state index contributed by atoms with van der Waals surface area (Å²) in [5.41, 5.74) is 30.5. The molecule has 16 N–H and O–H groups in total. The van der Waals surface area contributed by atoms with Crippen molar-refractivity contribution in [3.05, 3.63) is 39.9 Å². The second kappa shape index (κ2) is 16.3. The molecule has 5 fully saturated rings. The number of rotatable bonds is 10. The van der Waals surface area contributed by atoms with E-state index in [1.165, 1.54) is 18.2 Å². The van der Waals surface area contributed by atoms with E-state index >= 15 is 0 Å². The molecule has 0 radical (unpaired) electrons. The molecular weight excluding hydrogens is 700 g/mol. The Balaban J connectivity index is 1.14. The first-order chi connectivity index (χ1) is 24.7. The number of benzene rings is 1. The maximum absolute atomic E-state index is 11.6. The average molecular weight is 749 g/mol. The van der Waals surface area contributed by atoms with Crippen molar-refractivity contribution in [1.29, 1.82) is 0 Å². The Bertz CT molecular complexity index is 1370. The molecule has 5 aliphatic rings. The van der Waals surface area contributed by atoms with Gasteiger partial charge < -0.3 is 97.2 Å². The molecule has 6 rings (SSSR count). The first-order valence-electron chi connectivity index (χ1n) is 16.9. The lowest BCUT2D eigenvalue weighted by Gasteiger charge is -2.49. The smallest absolute Gasteiger partial charge is 0.277 e. The highest BCUT2D eigenvalue weighted by molar-refractivity contribution is 5.40. The van der Waals surface area contributed by atoms with E-state index in [0.717, 1.165) is 0 Å². The van der Waals surface area contributed by atoms with Gasteiger partial charge in [-0.2, -0.15) is 0 Å². The fourth-order valence-electron chi connectivity index (χ4n) is 7.22. The van der Waals surface area contributed by atoms with E-state index in [0.29, 0.717) is 0 Å². The minimum Gasteiger partial charge on any atom is -0.394 e. The summed E-state index contributed by atoms with van der Waals surface area (Å²) in [4.78, 5) is 11.0. The minimum atomic E-state index is -1.64. The molecule has 52 heavy (non-hydrogen) atoms. The summed E-state index contributed by atoms with van der Waals surface area (Å²) in [6.07, 6.45) is -21.1. The summed E-state index contributed by atoms with van der Waals surface area (Å²) in [5.74, 6) is 0. The van der Waals surface area contributed by atoms with Crippen LogP contribution in [0.1, 0.15) is 18.3 Å². The highest BCUT2D eigenvalue weighted by Crippen LogP contribution is 2.39. The van der Waals surface area contributed by atoms with Crippen molar-refractivity contribution in [2.24, 2.45) is 28.7 Å². The molecule has 2 unspecified atom stereocenters. The van der Waals surface area contributed by atoms with Crippen molar-refractivity contribution < 1.29 is 73.5 Å². The van der Waals surface area contributed by atoms with Crippen LogP contribution in [0, 0.1) is 10.1 Å². The molecule has 1 aromatic rings. The molecule has 4 aliphatic heterocycles. The second-order valence-corrected chi connectivity index (χ2v) is 13.6. The number of hydrogen-bond acceptors (Lipinski definition) is 21. The van der Waals surface area contributed by atoms with Gasteiger partial charge in [-0.25, -0.2) is 0 Å². The molecule has 4 saturated heterocycles. The predicted molar refractivity (Wildman–Crippen MR) is 170 cm³/mol. The Hall–Kier alpha value is -2.14. The van der Waals surface area contributed by atoms with E-state index in [9.17, 15) is 40.8 Å². The molecule has 0 spiro atoms. The first kappa shape index (κ1) is 39.6. The molecule has 294 valence electrons. The lowest BCUT2D eigenvalue weighted by atomic mass is 9.84. The number of fused-ring (bicyclic) bond motifs is 1. The van der Waals surface area contributed by atoms with Crippen molar-refractivity contribution in [3.8, 4) is 0 Å². The summed E-state index contributed by atoms with van der Waals surface area (Å²) in [6.45, 7) is -1.02. The van der Waals surface area contributed by atoms with Gasteiger partial charge in [-0.05, 0) is 12.5 Å². The van der Waals surface area contributed by atoms with Crippen molar-refractivity contribution in [2.75, 3.05) is 19.8 Å². The number of para-hydroxylation sites is 1. The number of hydrogen-bond donors (Lipinski definition) is 11. The maximum Gasteiger partial charge on any atom is 0.277 e. The van der Waals surface area contributed by atoms with Crippen LogP contribution in [0.3, 0.4) is 0 Å². The molecule has 0 amide bonds. The van der Waals surface area contributed by atoms with Crippen LogP contribution < -0.4 is 28.7 Å². The molecule has 0 bridgehead atoms. The van der Waals surface area contributed by atoms with Gasteiger partial charge in [0.25, 0.3) is 5.69 Å². The fraction of sp³-hybridized carbons (Fsp3) is 0.800. The zero-order valence-corrected chi connectivity index (χ0v) is 27.8. The Kier molecular flexibility index (Phi) is 12.4. The van der Waals surface area contributed by atoms with Crippen LogP contribution in [-0.2, 0) is 37.9 Å². The van der Waals surface area contributed by atoms with Gasteiger partial charge >= 0.3 is 0 Å². The van der Waals surface area contributed by atoms with E-state index in [4.69, 9.17) is 66.6 Å². The van der Waals surface area contributed by atoms with Crippen LogP contribution >= 0.6 is 0 Å². The molecule has 1 aromatic carbocycles. The van der Waals surface area contributed by atoms with Gasteiger partial charge in [-0.15, -0.1) is 0 Å². The Morgan fingerprint density at radius 3 is 2.08 bits per heavy atom. The molecular formula is C30H48N6O16. The van der Waals surface area contributed by atoms with Crippen molar-refractivity contribution >= 4 is 5.69 Å². The first-order valence-corrected chi connectivity index (χ1v) is 16.9. The molecule has 1 saturated carbocycles. The summed E-state index contributed by atoms with van der Waals surface area (Å²) >= 11 is 0. The standard InChI is InChI=1S/C30H48N6O16/c31-6-13-19(39)20(40)16(34)28(46-13)51-24-14(7-37)47-30(22(24)42)52-26-18(38)10(32)5-11(33)23(26)49-29-17(35)21(41)25-15(48-29)8-45-27(50-25)9-3-1-2-4-12(9)36(43)44/h1-4,10-11,13-30,37-42H,5-8,31-35H2/t10-,11+,13?,14-,15-,16-,17-,18+,19-,20-,21-,22-,23+,24-,25-,26-,27?,28-,29-,30+/m1/s1. The SMILES string of the molecule is NCC1O[C@H](O[C@H]2[C@@H](O)[C@H](O[C@@H]3[C@@H](O)[C@H](N)C[C@H](N)[C@@H]3O[C@H]3O[C@@H]4COC(c5ccccc5[N+](=O)[O-])O[C@H]4[C@H](O)[C@H]3N)O[C@@H]2CO)[C@H](N)[C@@H](O)[C@@H]1O. The monoisotopic (exact) mass is 748 g/mol. The van der Waals surface area contributed by atoms with E-state index in [-0.39, 0.29) is 30.8 Å². The second-order valence-electron chi connectivity index (χ2n) is 13.6. The number of ether oxygens (including phenoxy) is 8. The van der Waals surface area contributed by atoms with Gasteiger partial charge in [-0.3, -0.25) is 10.1 Å². The Labute approximate surface area is 296 Å². The van der Waals surface area contributed by atoms with Gasteiger partial charge in [0.2, 0.25) is 0 Å². The van der Waals surface area contributed by atoms with Gasteiger partial charge in [0, 0.05) is 24.7 Å². The molecule has 0 aromatic heterocycles. The molecule has 4 heterocycles.